The van der Waals surface area contributed by atoms with Gasteiger partial charge in [-0.3, -0.25) is 4.79 Å². The molecule has 2 fully saturated rings. The molecule has 1 saturated heterocycles. The van der Waals surface area contributed by atoms with E-state index in [1.165, 1.54) is 12.8 Å². The molecule has 2 aromatic rings. The number of nitrogens with zero attached hydrogens (tertiary/aromatic N) is 2. The molecule has 1 unspecified atom stereocenters. The predicted octanol–water partition coefficient (Wildman–Crippen LogP) is 3.08. The average molecular weight is 313 g/mol. The van der Waals surface area contributed by atoms with Crippen LogP contribution in [-0.2, 0) is 4.79 Å². The number of hydrogen-bond donors (Lipinski definition) is 1. The van der Waals surface area contributed by atoms with Crippen molar-refractivity contribution >= 4 is 16.9 Å². The predicted molar refractivity (Wildman–Crippen MR) is 88.5 cm³/mol. The van der Waals surface area contributed by atoms with E-state index in [0.29, 0.717) is 11.8 Å². The monoisotopic (exact) mass is 313 g/mol. The third-order valence-electron chi connectivity index (χ3n) is 5.30. The Morgan fingerprint density at radius 3 is 2.91 bits per heavy atom. The summed E-state index contributed by atoms with van der Waals surface area (Å²) in [5.74, 6) is 2.78. The van der Waals surface area contributed by atoms with Crippen molar-refractivity contribution in [2.24, 2.45) is 5.92 Å². The molecular formula is C18H23N3O2. The molecule has 1 saturated carbocycles. The van der Waals surface area contributed by atoms with Crippen LogP contribution in [0.5, 0.6) is 5.75 Å². The number of benzene rings is 1. The van der Waals surface area contributed by atoms with Gasteiger partial charge >= 0.3 is 0 Å². The lowest BCUT2D eigenvalue weighted by molar-refractivity contribution is -0.134. The fourth-order valence-corrected chi connectivity index (χ4v) is 3.94. The molecule has 1 atom stereocenters. The summed E-state index contributed by atoms with van der Waals surface area (Å²) in [4.78, 5) is 22.7. The van der Waals surface area contributed by atoms with Crippen molar-refractivity contribution in [3.8, 4) is 5.75 Å². The summed E-state index contributed by atoms with van der Waals surface area (Å²) < 4.78 is 5.26. The smallest absolute Gasteiger partial charge is 0.225 e. The zero-order valence-corrected chi connectivity index (χ0v) is 13.5. The second-order valence-corrected chi connectivity index (χ2v) is 6.76. The number of rotatable bonds is 3. The molecule has 4 rings (SSSR count). The molecule has 23 heavy (non-hydrogen) atoms. The van der Waals surface area contributed by atoms with Crippen LogP contribution in [0.2, 0.25) is 0 Å². The van der Waals surface area contributed by atoms with Crippen molar-refractivity contribution in [2.75, 3.05) is 20.2 Å². The Morgan fingerprint density at radius 2 is 2.13 bits per heavy atom. The quantitative estimate of drug-likeness (QED) is 0.947. The summed E-state index contributed by atoms with van der Waals surface area (Å²) >= 11 is 0. The van der Waals surface area contributed by atoms with E-state index in [1.54, 1.807) is 7.11 Å². The number of aromatic amines is 1. The van der Waals surface area contributed by atoms with Gasteiger partial charge in [-0.25, -0.2) is 4.98 Å². The molecule has 2 aliphatic rings. The van der Waals surface area contributed by atoms with E-state index >= 15 is 0 Å². The minimum Gasteiger partial charge on any atom is -0.497 e. The van der Waals surface area contributed by atoms with Gasteiger partial charge in [0, 0.05) is 31.0 Å². The van der Waals surface area contributed by atoms with Gasteiger partial charge in [0.15, 0.2) is 0 Å². The van der Waals surface area contributed by atoms with E-state index in [4.69, 9.17) is 9.72 Å². The Hall–Kier alpha value is -2.04. The lowest BCUT2D eigenvalue weighted by Gasteiger charge is -2.20. The first-order valence-corrected chi connectivity index (χ1v) is 8.57. The minimum absolute atomic E-state index is 0.272. The van der Waals surface area contributed by atoms with Crippen molar-refractivity contribution in [1.29, 1.82) is 0 Å². The highest BCUT2D eigenvalue weighted by Crippen LogP contribution is 2.32. The molecule has 5 heteroatoms. The van der Waals surface area contributed by atoms with E-state index in [9.17, 15) is 4.79 Å². The zero-order chi connectivity index (χ0) is 15.8. The number of hydrogen-bond acceptors (Lipinski definition) is 3. The molecule has 2 heterocycles. The van der Waals surface area contributed by atoms with Gasteiger partial charge in [0.2, 0.25) is 5.91 Å². The number of carbonyl (C=O) groups excluding carboxylic acids is 1. The highest BCUT2D eigenvalue weighted by atomic mass is 16.5. The first-order valence-electron chi connectivity index (χ1n) is 8.57. The molecule has 1 aliphatic heterocycles. The summed E-state index contributed by atoms with van der Waals surface area (Å²) in [6.07, 6.45) is 5.56. The Kier molecular flexibility index (Phi) is 3.71. The number of ether oxygens (including phenoxy) is 1. The molecule has 1 N–H and O–H groups in total. The number of likely N-dealkylation sites (tertiary alicyclic amines) is 1. The Labute approximate surface area is 136 Å². The molecule has 1 aromatic heterocycles. The number of H-pyrrole nitrogens is 1. The van der Waals surface area contributed by atoms with E-state index in [0.717, 1.165) is 55.0 Å². The Balaban J connectivity index is 1.49. The van der Waals surface area contributed by atoms with Crippen molar-refractivity contribution < 1.29 is 9.53 Å². The second kappa shape index (κ2) is 5.87. The number of fused-ring (bicyclic) bond motifs is 1. The van der Waals surface area contributed by atoms with Gasteiger partial charge in [-0.15, -0.1) is 0 Å². The molecule has 1 aromatic carbocycles. The van der Waals surface area contributed by atoms with Crippen molar-refractivity contribution in [3.63, 3.8) is 0 Å². The van der Waals surface area contributed by atoms with Gasteiger partial charge in [-0.2, -0.15) is 0 Å². The van der Waals surface area contributed by atoms with Gasteiger partial charge in [-0.1, -0.05) is 12.8 Å². The zero-order valence-electron chi connectivity index (χ0n) is 13.5. The Bertz CT molecular complexity index is 718. The summed E-state index contributed by atoms with van der Waals surface area (Å²) in [5.41, 5.74) is 1.96. The molecule has 0 spiro atoms. The number of imidazole rings is 1. The highest BCUT2D eigenvalue weighted by molar-refractivity contribution is 5.80. The number of nitrogens with one attached hydrogen (secondary N) is 1. The van der Waals surface area contributed by atoms with Crippen LogP contribution in [0, 0.1) is 5.92 Å². The summed E-state index contributed by atoms with van der Waals surface area (Å²) in [7, 11) is 1.67. The van der Waals surface area contributed by atoms with E-state index in [2.05, 4.69) is 9.88 Å². The molecule has 0 bridgehead atoms. The van der Waals surface area contributed by atoms with Gasteiger partial charge in [-0.05, 0) is 31.4 Å². The van der Waals surface area contributed by atoms with Crippen LogP contribution in [-0.4, -0.2) is 41.0 Å². The largest absolute Gasteiger partial charge is 0.497 e. The van der Waals surface area contributed by atoms with Crippen LogP contribution in [0.4, 0.5) is 0 Å². The van der Waals surface area contributed by atoms with Gasteiger partial charge < -0.3 is 14.6 Å². The summed E-state index contributed by atoms with van der Waals surface area (Å²) in [5, 5.41) is 0. The summed E-state index contributed by atoms with van der Waals surface area (Å²) in [6, 6.07) is 5.88. The maximum absolute atomic E-state index is 12.6. The lowest BCUT2D eigenvalue weighted by Crippen LogP contribution is -2.33. The van der Waals surface area contributed by atoms with Gasteiger partial charge in [0.05, 0.1) is 18.1 Å². The third-order valence-corrected chi connectivity index (χ3v) is 5.30. The number of amides is 1. The summed E-state index contributed by atoms with van der Waals surface area (Å²) in [6.45, 7) is 1.66. The molecule has 1 amide bonds. The second-order valence-electron chi connectivity index (χ2n) is 6.76. The molecular weight excluding hydrogens is 290 g/mol. The van der Waals surface area contributed by atoms with Crippen LogP contribution in [0.1, 0.15) is 43.8 Å². The normalized spacial score (nSPS) is 22.1. The average Bonchev–Trinajstić information content (AvgIpc) is 3.32. The van der Waals surface area contributed by atoms with Crippen LogP contribution in [0.25, 0.3) is 11.0 Å². The number of methoxy groups -OCH3 is 1. The van der Waals surface area contributed by atoms with E-state index < -0.39 is 0 Å². The first kappa shape index (κ1) is 14.5. The topological polar surface area (TPSA) is 58.2 Å². The number of carbonyl (C=O) groups is 1. The highest BCUT2D eigenvalue weighted by Gasteiger charge is 2.33. The van der Waals surface area contributed by atoms with Crippen LogP contribution in [0.3, 0.4) is 0 Å². The van der Waals surface area contributed by atoms with E-state index in [-0.39, 0.29) is 5.92 Å². The maximum Gasteiger partial charge on any atom is 0.225 e. The van der Waals surface area contributed by atoms with Gasteiger partial charge in [0.25, 0.3) is 0 Å². The maximum atomic E-state index is 12.6. The van der Waals surface area contributed by atoms with Crippen LogP contribution >= 0.6 is 0 Å². The molecule has 0 radical (unpaired) electrons. The first-order chi connectivity index (χ1) is 11.2. The van der Waals surface area contributed by atoms with Crippen molar-refractivity contribution in [3.05, 3.63) is 24.0 Å². The fourth-order valence-electron chi connectivity index (χ4n) is 3.94. The molecule has 5 nitrogen and oxygen atoms in total. The van der Waals surface area contributed by atoms with Crippen molar-refractivity contribution in [2.45, 2.75) is 38.0 Å². The van der Waals surface area contributed by atoms with Crippen LogP contribution in [0.15, 0.2) is 18.2 Å². The molecule has 122 valence electrons. The van der Waals surface area contributed by atoms with Crippen LogP contribution < -0.4 is 4.74 Å². The third kappa shape index (κ3) is 2.69. The lowest BCUT2D eigenvalue weighted by atomic mass is 10.1. The van der Waals surface area contributed by atoms with E-state index in [1.807, 2.05) is 18.2 Å². The SMILES string of the molecule is COc1ccc2nc(C3CCN(C(=O)C4CCCC4)C3)[nH]c2c1. The van der Waals surface area contributed by atoms with Crippen molar-refractivity contribution in [1.82, 2.24) is 14.9 Å². The number of aromatic nitrogens is 2. The van der Waals surface area contributed by atoms with Gasteiger partial charge in [0.1, 0.15) is 11.6 Å². The standard InChI is InChI=1S/C18H23N3O2/c1-23-14-6-7-15-16(10-14)20-17(19-15)13-8-9-21(11-13)18(22)12-4-2-3-5-12/h6-7,10,12-13H,2-5,8-9,11H2,1H3,(H,19,20). The minimum atomic E-state index is 0.272. The fraction of sp³-hybridized carbons (Fsp3) is 0.556. The Morgan fingerprint density at radius 1 is 1.30 bits per heavy atom. The molecule has 1 aliphatic carbocycles.